The Bertz CT molecular complexity index is 162. The first-order chi connectivity index (χ1) is 5.55. The van der Waals surface area contributed by atoms with Crippen molar-refractivity contribution in [1.29, 1.82) is 0 Å². The van der Waals surface area contributed by atoms with E-state index < -0.39 is 37.3 Å². The van der Waals surface area contributed by atoms with E-state index in [1.54, 1.807) is 0 Å². The van der Waals surface area contributed by atoms with Crippen LogP contribution in [0.5, 0.6) is 0 Å². The van der Waals surface area contributed by atoms with Crippen LogP contribution in [0.15, 0.2) is 0 Å². The van der Waals surface area contributed by atoms with Gasteiger partial charge in [0.2, 0.25) is 5.79 Å². The summed E-state index contributed by atoms with van der Waals surface area (Å²) in [4.78, 5) is 0. The number of hydrogen-bond donors (Lipinski definition) is 5. The van der Waals surface area contributed by atoms with Crippen molar-refractivity contribution < 1.29 is 30.3 Å². The molecule has 5 N–H and O–H groups in total. The first-order valence-electron chi connectivity index (χ1n) is 3.53. The van der Waals surface area contributed by atoms with Crippen LogP contribution in [0, 0.1) is 0 Å². The quantitative estimate of drug-likeness (QED) is 0.306. The van der Waals surface area contributed by atoms with Crippen LogP contribution in [0.4, 0.5) is 0 Å². The lowest BCUT2D eigenvalue weighted by molar-refractivity contribution is -0.248. The Labute approximate surface area is 68.6 Å². The van der Waals surface area contributed by atoms with Gasteiger partial charge in [0, 0.05) is 0 Å². The molecule has 0 aromatic rings. The SMILES string of the molecule is OC[C@H]1O[C@@](O)(CO)C(O)[C@H]1O. The van der Waals surface area contributed by atoms with Crippen LogP contribution in [0.25, 0.3) is 0 Å². The van der Waals surface area contributed by atoms with Crippen LogP contribution < -0.4 is 0 Å². The molecule has 0 radical (unpaired) electrons. The fourth-order valence-corrected chi connectivity index (χ4v) is 1.15. The number of aliphatic hydroxyl groups excluding tert-OH is 4. The predicted octanol–water partition coefficient (Wildman–Crippen LogP) is -3.22. The van der Waals surface area contributed by atoms with E-state index in [1.165, 1.54) is 0 Å². The Morgan fingerprint density at radius 1 is 1.25 bits per heavy atom. The monoisotopic (exact) mass is 180 g/mol. The van der Waals surface area contributed by atoms with Gasteiger partial charge in [-0.3, -0.25) is 0 Å². The zero-order valence-corrected chi connectivity index (χ0v) is 6.29. The third-order valence-corrected chi connectivity index (χ3v) is 1.93. The molecule has 0 spiro atoms. The average Bonchev–Trinajstić information content (AvgIpc) is 2.31. The fourth-order valence-electron chi connectivity index (χ4n) is 1.15. The highest BCUT2D eigenvalue weighted by Gasteiger charge is 2.52. The lowest BCUT2D eigenvalue weighted by atomic mass is 10.1. The molecule has 1 rings (SSSR count). The molecule has 0 aromatic carbocycles. The minimum absolute atomic E-state index is 0.527. The molecule has 0 amide bonds. The lowest BCUT2D eigenvalue weighted by Crippen LogP contribution is -2.46. The van der Waals surface area contributed by atoms with E-state index >= 15 is 0 Å². The molecule has 6 nitrogen and oxygen atoms in total. The van der Waals surface area contributed by atoms with E-state index in [0.717, 1.165) is 0 Å². The predicted molar refractivity (Wildman–Crippen MR) is 36.0 cm³/mol. The van der Waals surface area contributed by atoms with Gasteiger partial charge in [-0.2, -0.15) is 0 Å². The van der Waals surface area contributed by atoms with Crippen LogP contribution in [0.3, 0.4) is 0 Å². The number of hydrogen-bond acceptors (Lipinski definition) is 6. The zero-order chi connectivity index (χ0) is 9.35. The van der Waals surface area contributed by atoms with Gasteiger partial charge in [0.25, 0.3) is 0 Å². The molecular weight excluding hydrogens is 168 g/mol. The summed E-state index contributed by atoms with van der Waals surface area (Å²) < 4.78 is 4.63. The Balaban J connectivity index is 2.72. The fraction of sp³-hybridized carbons (Fsp3) is 1.00. The van der Waals surface area contributed by atoms with Crippen LogP contribution >= 0.6 is 0 Å². The number of ether oxygens (including phenoxy) is 1. The van der Waals surface area contributed by atoms with Crippen LogP contribution in [-0.4, -0.2) is 62.8 Å². The Kier molecular flexibility index (Phi) is 2.67. The molecule has 0 aliphatic carbocycles. The standard InChI is InChI=1S/C6H12O6/c7-1-3-4(9)5(10)6(11,2-8)12-3/h3-5,7-11H,1-2H2/t3-,4+,5?,6+/m1/s1. The van der Waals surface area contributed by atoms with E-state index in [9.17, 15) is 5.11 Å². The van der Waals surface area contributed by atoms with Crippen molar-refractivity contribution in [3.8, 4) is 0 Å². The van der Waals surface area contributed by atoms with E-state index in [4.69, 9.17) is 20.4 Å². The maximum absolute atomic E-state index is 9.25. The third kappa shape index (κ3) is 1.33. The summed E-state index contributed by atoms with van der Waals surface area (Å²) in [7, 11) is 0. The lowest BCUT2D eigenvalue weighted by Gasteiger charge is -2.22. The van der Waals surface area contributed by atoms with Crippen molar-refractivity contribution in [3.63, 3.8) is 0 Å². The summed E-state index contributed by atoms with van der Waals surface area (Å²) in [6.07, 6.45) is -4.04. The molecule has 72 valence electrons. The van der Waals surface area contributed by atoms with Crippen molar-refractivity contribution in [2.75, 3.05) is 13.2 Å². The molecule has 0 saturated carbocycles. The molecular formula is C6H12O6. The minimum atomic E-state index is -2.16. The van der Waals surface area contributed by atoms with E-state index in [2.05, 4.69) is 4.74 Å². The largest absolute Gasteiger partial charge is 0.394 e. The van der Waals surface area contributed by atoms with Crippen LogP contribution in [-0.2, 0) is 4.74 Å². The van der Waals surface area contributed by atoms with E-state index in [1.807, 2.05) is 0 Å². The van der Waals surface area contributed by atoms with Crippen molar-refractivity contribution in [1.82, 2.24) is 0 Å². The van der Waals surface area contributed by atoms with E-state index in [0.29, 0.717) is 0 Å². The molecule has 4 atom stereocenters. The molecule has 6 heteroatoms. The Hall–Kier alpha value is -0.240. The zero-order valence-electron chi connectivity index (χ0n) is 6.29. The maximum Gasteiger partial charge on any atom is 0.219 e. The van der Waals surface area contributed by atoms with Gasteiger partial charge in [-0.05, 0) is 0 Å². The molecule has 0 bridgehead atoms. The first-order valence-corrected chi connectivity index (χ1v) is 3.53. The van der Waals surface area contributed by atoms with Gasteiger partial charge >= 0.3 is 0 Å². The summed E-state index contributed by atoms with van der Waals surface area (Å²) in [5, 5.41) is 44.7. The second kappa shape index (κ2) is 3.25. The minimum Gasteiger partial charge on any atom is -0.394 e. The molecule has 12 heavy (non-hydrogen) atoms. The second-order valence-corrected chi connectivity index (χ2v) is 2.78. The van der Waals surface area contributed by atoms with Gasteiger partial charge in [0.1, 0.15) is 18.3 Å². The highest BCUT2D eigenvalue weighted by molar-refractivity contribution is 4.94. The normalized spacial score (nSPS) is 48.2. The Morgan fingerprint density at radius 2 is 1.83 bits per heavy atom. The molecule has 1 fully saturated rings. The van der Waals surface area contributed by atoms with Gasteiger partial charge < -0.3 is 30.3 Å². The maximum atomic E-state index is 9.25. The highest BCUT2D eigenvalue weighted by atomic mass is 16.7. The van der Waals surface area contributed by atoms with Gasteiger partial charge in [-0.15, -0.1) is 0 Å². The van der Waals surface area contributed by atoms with Crippen LogP contribution in [0.2, 0.25) is 0 Å². The Morgan fingerprint density at radius 3 is 2.08 bits per heavy atom. The molecule has 0 aromatic heterocycles. The number of rotatable bonds is 2. The highest BCUT2D eigenvalue weighted by Crippen LogP contribution is 2.28. The summed E-state index contributed by atoms with van der Waals surface area (Å²) in [5.74, 6) is -2.16. The molecule has 1 aliphatic heterocycles. The summed E-state index contributed by atoms with van der Waals surface area (Å²) in [6, 6.07) is 0. The molecule has 1 heterocycles. The molecule has 1 saturated heterocycles. The van der Waals surface area contributed by atoms with Crippen molar-refractivity contribution in [2.24, 2.45) is 0 Å². The van der Waals surface area contributed by atoms with Crippen molar-refractivity contribution in [2.45, 2.75) is 24.1 Å². The molecule has 1 unspecified atom stereocenters. The summed E-state index contributed by atoms with van der Waals surface area (Å²) >= 11 is 0. The van der Waals surface area contributed by atoms with Gasteiger partial charge in [-0.25, -0.2) is 0 Å². The van der Waals surface area contributed by atoms with Gasteiger partial charge in [0.15, 0.2) is 0 Å². The molecule has 1 aliphatic rings. The van der Waals surface area contributed by atoms with Gasteiger partial charge in [0.05, 0.1) is 13.2 Å². The summed E-state index contributed by atoms with van der Waals surface area (Å²) in [6.45, 7) is -1.36. The summed E-state index contributed by atoms with van der Waals surface area (Å²) in [5.41, 5.74) is 0. The smallest absolute Gasteiger partial charge is 0.219 e. The van der Waals surface area contributed by atoms with Crippen LogP contribution in [0.1, 0.15) is 0 Å². The van der Waals surface area contributed by atoms with Crippen molar-refractivity contribution in [3.05, 3.63) is 0 Å². The topological polar surface area (TPSA) is 110 Å². The van der Waals surface area contributed by atoms with Crippen molar-refractivity contribution >= 4 is 0 Å². The average molecular weight is 180 g/mol. The van der Waals surface area contributed by atoms with E-state index in [-0.39, 0.29) is 0 Å². The van der Waals surface area contributed by atoms with Gasteiger partial charge in [-0.1, -0.05) is 0 Å². The number of aliphatic hydroxyl groups is 5. The second-order valence-electron chi connectivity index (χ2n) is 2.78. The third-order valence-electron chi connectivity index (χ3n) is 1.93. The first kappa shape index (κ1) is 9.85.